The Kier molecular flexibility index (Phi) is 4.15. The minimum Gasteiger partial charge on any atom is -0.381 e. The van der Waals surface area contributed by atoms with Crippen molar-refractivity contribution in [1.29, 1.82) is 0 Å². The van der Waals surface area contributed by atoms with Crippen LogP contribution in [0.1, 0.15) is 18.5 Å². The number of nitrogens with two attached hydrogens (primary N) is 1. The third-order valence-corrected chi connectivity index (χ3v) is 3.83. The van der Waals surface area contributed by atoms with Gasteiger partial charge in [-0.1, -0.05) is 0 Å². The van der Waals surface area contributed by atoms with Crippen LogP contribution >= 0.6 is 11.3 Å². The normalized spacial score (nSPS) is 18.1. The van der Waals surface area contributed by atoms with Gasteiger partial charge < -0.3 is 15.4 Å². The van der Waals surface area contributed by atoms with Crippen LogP contribution in [-0.2, 0) is 11.2 Å². The van der Waals surface area contributed by atoms with Crippen LogP contribution in [0.2, 0.25) is 0 Å². The lowest BCUT2D eigenvalue weighted by Gasteiger charge is -2.30. The Morgan fingerprint density at radius 2 is 2.31 bits per heavy atom. The molecule has 1 aliphatic heterocycles. The molecule has 0 radical (unpaired) electrons. The molecule has 1 saturated heterocycles. The van der Waals surface area contributed by atoms with Gasteiger partial charge in [0.05, 0.1) is 5.69 Å². The average Bonchev–Trinajstić information content (AvgIpc) is 2.73. The van der Waals surface area contributed by atoms with Crippen molar-refractivity contribution < 1.29 is 4.74 Å². The lowest BCUT2D eigenvalue weighted by Crippen LogP contribution is -2.37. The number of aromatic nitrogens is 1. The Hall–Kier alpha value is -0.650. The van der Waals surface area contributed by atoms with Crippen LogP contribution in [0.3, 0.4) is 0 Å². The van der Waals surface area contributed by atoms with Gasteiger partial charge in [-0.3, -0.25) is 0 Å². The molecule has 2 rings (SSSR count). The van der Waals surface area contributed by atoms with Gasteiger partial charge in [0.25, 0.3) is 0 Å². The highest BCUT2D eigenvalue weighted by atomic mass is 32.1. The number of hydrogen-bond acceptors (Lipinski definition) is 5. The van der Waals surface area contributed by atoms with Gasteiger partial charge in [0.15, 0.2) is 5.13 Å². The molecule has 16 heavy (non-hydrogen) atoms. The minimum atomic E-state index is 0.670. The van der Waals surface area contributed by atoms with Crippen LogP contribution in [0.5, 0.6) is 0 Å². The molecule has 0 aliphatic carbocycles. The Morgan fingerprint density at radius 3 is 2.94 bits per heavy atom. The summed E-state index contributed by atoms with van der Waals surface area (Å²) in [6.07, 6.45) is 3.28. The number of nitrogen functional groups attached to an aromatic ring is 1. The summed E-state index contributed by atoms with van der Waals surface area (Å²) in [6, 6.07) is 0.671. The first-order valence-electron chi connectivity index (χ1n) is 5.73. The smallest absolute Gasteiger partial charge is 0.180 e. The van der Waals surface area contributed by atoms with E-state index in [0.717, 1.165) is 44.7 Å². The predicted molar refractivity (Wildman–Crippen MR) is 66.7 cm³/mol. The van der Waals surface area contributed by atoms with Crippen LogP contribution in [0, 0.1) is 0 Å². The molecular formula is C11H19N3OS. The molecule has 4 nitrogen and oxygen atoms in total. The third kappa shape index (κ3) is 3.17. The number of thiazole rings is 1. The minimum absolute atomic E-state index is 0.670. The number of rotatable bonds is 4. The molecule has 0 saturated carbocycles. The first-order chi connectivity index (χ1) is 7.75. The van der Waals surface area contributed by atoms with Crippen molar-refractivity contribution in [3.05, 3.63) is 11.1 Å². The van der Waals surface area contributed by atoms with Crippen LogP contribution in [-0.4, -0.2) is 42.7 Å². The molecule has 2 heterocycles. The van der Waals surface area contributed by atoms with Crippen molar-refractivity contribution >= 4 is 16.5 Å². The van der Waals surface area contributed by atoms with Crippen molar-refractivity contribution in [1.82, 2.24) is 9.88 Å². The van der Waals surface area contributed by atoms with Crippen molar-refractivity contribution in [3.8, 4) is 0 Å². The molecule has 1 fully saturated rings. The molecule has 0 bridgehead atoms. The summed E-state index contributed by atoms with van der Waals surface area (Å²) >= 11 is 1.52. The van der Waals surface area contributed by atoms with Crippen LogP contribution in [0.4, 0.5) is 5.13 Å². The van der Waals surface area contributed by atoms with Crippen molar-refractivity contribution in [2.45, 2.75) is 25.3 Å². The fraction of sp³-hybridized carbons (Fsp3) is 0.727. The zero-order valence-corrected chi connectivity index (χ0v) is 10.5. The first kappa shape index (κ1) is 11.8. The van der Waals surface area contributed by atoms with Gasteiger partial charge in [0, 0.05) is 37.6 Å². The number of anilines is 1. The molecule has 0 amide bonds. The van der Waals surface area contributed by atoms with Crippen LogP contribution < -0.4 is 5.73 Å². The standard InChI is InChI=1S/C11H19N3OS/c1-14(10-3-6-15-7-4-10)5-2-9-8-16-11(12)13-9/h8,10H,2-7H2,1H3,(H2,12,13). The molecule has 0 atom stereocenters. The molecule has 1 aromatic rings. The molecule has 5 heteroatoms. The summed E-state index contributed by atoms with van der Waals surface area (Å²) in [5, 5.41) is 2.72. The van der Waals surface area contributed by atoms with E-state index in [1.54, 1.807) is 0 Å². The molecule has 90 valence electrons. The molecule has 0 spiro atoms. The number of likely N-dealkylation sites (N-methyl/N-ethyl adjacent to an activating group) is 1. The zero-order valence-electron chi connectivity index (χ0n) is 9.69. The quantitative estimate of drug-likeness (QED) is 0.865. The monoisotopic (exact) mass is 241 g/mol. The van der Waals surface area contributed by atoms with E-state index in [2.05, 4.69) is 16.9 Å². The number of nitrogens with zero attached hydrogens (tertiary/aromatic N) is 2. The highest BCUT2D eigenvalue weighted by Gasteiger charge is 2.18. The lowest BCUT2D eigenvalue weighted by molar-refractivity contribution is 0.0434. The zero-order chi connectivity index (χ0) is 11.4. The average molecular weight is 241 g/mol. The molecule has 1 aromatic heterocycles. The first-order valence-corrected chi connectivity index (χ1v) is 6.61. The fourth-order valence-corrected chi connectivity index (χ4v) is 2.63. The Morgan fingerprint density at radius 1 is 1.56 bits per heavy atom. The molecular weight excluding hydrogens is 222 g/mol. The van der Waals surface area contributed by atoms with E-state index in [4.69, 9.17) is 10.5 Å². The van der Waals surface area contributed by atoms with Crippen molar-refractivity contribution in [2.24, 2.45) is 0 Å². The highest BCUT2D eigenvalue weighted by molar-refractivity contribution is 7.13. The summed E-state index contributed by atoms with van der Waals surface area (Å²) in [6.45, 7) is 2.85. The maximum absolute atomic E-state index is 5.61. The fourth-order valence-electron chi connectivity index (χ4n) is 2.04. The van der Waals surface area contributed by atoms with Crippen LogP contribution in [0.25, 0.3) is 0 Å². The second-order valence-electron chi connectivity index (χ2n) is 4.25. The summed E-state index contributed by atoms with van der Waals surface area (Å²) in [5.41, 5.74) is 6.72. The molecule has 0 aromatic carbocycles. The van der Waals surface area contributed by atoms with Gasteiger partial charge in [-0.2, -0.15) is 0 Å². The molecule has 0 unspecified atom stereocenters. The van der Waals surface area contributed by atoms with E-state index >= 15 is 0 Å². The van der Waals surface area contributed by atoms with Gasteiger partial charge >= 0.3 is 0 Å². The van der Waals surface area contributed by atoms with Crippen LogP contribution in [0.15, 0.2) is 5.38 Å². The highest BCUT2D eigenvalue weighted by Crippen LogP contribution is 2.15. The maximum atomic E-state index is 5.61. The lowest BCUT2D eigenvalue weighted by atomic mass is 10.1. The second-order valence-corrected chi connectivity index (χ2v) is 5.14. The predicted octanol–water partition coefficient (Wildman–Crippen LogP) is 1.38. The number of ether oxygens (including phenoxy) is 1. The van der Waals surface area contributed by atoms with E-state index < -0.39 is 0 Å². The van der Waals surface area contributed by atoms with Crippen molar-refractivity contribution in [2.75, 3.05) is 32.5 Å². The molecule has 2 N–H and O–H groups in total. The van der Waals surface area contributed by atoms with E-state index in [0.29, 0.717) is 11.2 Å². The summed E-state index contributed by atoms with van der Waals surface area (Å²) < 4.78 is 5.36. The SMILES string of the molecule is CN(CCc1csc(N)n1)C1CCOCC1. The van der Waals surface area contributed by atoms with Gasteiger partial charge in [-0.25, -0.2) is 4.98 Å². The Labute approximate surface area is 100 Å². The third-order valence-electron chi connectivity index (χ3n) is 3.10. The summed E-state index contributed by atoms with van der Waals surface area (Å²) in [4.78, 5) is 6.69. The second kappa shape index (κ2) is 5.61. The Bertz CT molecular complexity index is 323. The van der Waals surface area contributed by atoms with E-state index in [1.165, 1.54) is 11.3 Å². The Balaban J connectivity index is 1.76. The molecule has 1 aliphatic rings. The van der Waals surface area contributed by atoms with Gasteiger partial charge in [-0.05, 0) is 19.9 Å². The van der Waals surface area contributed by atoms with Gasteiger partial charge in [0.1, 0.15) is 0 Å². The van der Waals surface area contributed by atoms with Gasteiger partial charge in [0.2, 0.25) is 0 Å². The number of hydrogen-bond donors (Lipinski definition) is 1. The van der Waals surface area contributed by atoms with Gasteiger partial charge in [-0.15, -0.1) is 11.3 Å². The van der Waals surface area contributed by atoms with E-state index in [-0.39, 0.29) is 0 Å². The summed E-state index contributed by atoms with van der Waals surface area (Å²) in [7, 11) is 2.19. The summed E-state index contributed by atoms with van der Waals surface area (Å²) in [5.74, 6) is 0. The van der Waals surface area contributed by atoms with E-state index in [9.17, 15) is 0 Å². The topological polar surface area (TPSA) is 51.4 Å². The van der Waals surface area contributed by atoms with Crippen molar-refractivity contribution in [3.63, 3.8) is 0 Å². The van der Waals surface area contributed by atoms with E-state index in [1.807, 2.05) is 5.38 Å². The maximum Gasteiger partial charge on any atom is 0.180 e. The largest absolute Gasteiger partial charge is 0.381 e.